The van der Waals surface area contributed by atoms with Gasteiger partial charge in [0.25, 0.3) is 0 Å². The van der Waals surface area contributed by atoms with Crippen LogP contribution in [0, 0.1) is 11.8 Å². The largest absolute Gasteiger partial charge is 0.494 e. The second-order valence-electron chi connectivity index (χ2n) is 7.14. The molecular weight excluding hydrogens is 336 g/mol. The van der Waals surface area contributed by atoms with E-state index in [9.17, 15) is 0 Å². The molecule has 0 spiro atoms. The van der Waals surface area contributed by atoms with Gasteiger partial charge in [0.05, 0.1) is 19.8 Å². The molecule has 1 heterocycles. The molecule has 0 bridgehead atoms. The first-order valence-electron chi connectivity index (χ1n) is 9.53. The molecule has 1 aromatic carbocycles. The highest BCUT2D eigenvalue weighted by Crippen LogP contribution is 2.35. The molecule has 2 aliphatic rings. The number of benzene rings is 1. The van der Waals surface area contributed by atoms with Gasteiger partial charge in [-0.3, -0.25) is 0 Å². The standard InChI is InChI=1S/C21H29ClO3/c1-2-13-23-20-9-7-17(8-10-20)19-14-24-21(25-15-19)18-5-3-16(4-6-18)11-12-22/h7-12,16,18-19,21H,2-6,13-15H2,1H3/b12-11+. The second kappa shape index (κ2) is 9.61. The topological polar surface area (TPSA) is 27.7 Å². The maximum atomic E-state index is 6.08. The monoisotopic (exact) mass is 364 g/mol. The molecule has 3 rings (SSSR count). The summed E-state index contributed by atoms with van der Waals surface area (Å²) in [4.78, 5) is 0. The van der Waals surface area contributed by atoms with E-state index in [0.29, 0.717) is 17.8 Å². The van der Waals surface area contributed by atoms with Crippen LogP contribution in [0.3, 0.4) is 0 Å². The zero-order valence-electron chi connectivity index (χ0n) is 15.0. The fraction of sp³-hybridized carbons (Fsp3) is 0.619. The SMILES string of the molecule is CCCOc1ccc(C2COC(C3CCC(/C=C/Cl)CC3)OC2)cc1. The van der Waals surface area contributed by atoms with Crippen molar-refractivity contribution in [3.8, 4) is 5.75 Å². The van der Waals surface area contributed by atoms with Gasteiger partial charge in [-0.1, -0.05) is 36.7 Å². The minimum Gasteiger partial charge on any atom is -0.494 e. The van der Waals surface area contributed by atoms with Crippen molar-refractivity contribution in [1.29, 1.82) is 0 Å². The summed E-state index contributed by atoms with van der Waals surface area (Å²) in [5.74, 6) is 2.39. The zero-order chi connectivity index (χ0) is 17.5. The number of allylic oxidation sites excluding steroid dienone is 1. The van der Waals surface area contributed by atoms with Crippen LogP contribution in [0.5, 0.6) is 5.75 Å². The summed E-state index contributed by atoms with van der Waals surface area (Å²) < 4.78 is 17.8. The van der Waals surface area contributed by atoms with E-state index in [1.165, 1.54) is 18.4 Å². The highest BCUT2D eigenvalue weighted by Gasteiger charge is 2.32. The number of halogens is 1. The summed E-state index contributed by atoms with van der Waals surface area (Å²) in [7, 11) is 0. The van der Waals surface area contributed by atoms with Crippen LogP contribution in [0.4, 0.5) is 0 Å². The molecule has 0 aromatic heterocycles. The van der Waals surface area contributed by atoms with Gasteiger partial charge in [0.15, 0.2) is 6.29 Å². The Balaban J connectivity index is 1.45. The maximum absolute atomic E-state index is 6.08. The lowest BCUT2D eigenvalue weighted by atomic mass is 9.81. The first-order valence-corrected chi connectivity index (χ1v) is 9.96. The van der Waals surface area contributed by atoms with Crippen molar-refractivity contribution in [3.05, 3.63) is 41.4 Å². The van der Waals surface area contributed by atoms with Gasteiger partial charge in [0, 0.05) is 17.4 Å². The molecule has 2 fully saturated rings. The Hall–Kier alpha value is -1.03. The van der Waals surface area contributed by atoms with Crippen LogP contribution in [0.2, 0.25) is 0 Å². The van der Waals surface area contributed by atoms with Crippen LogP contribution in [-0.2, 0) is 9.47 Å². The summed E-state index contributed by atoms with van der Waals surface area (Å²) in [6.07, 6.45) is 7.78. The molecule has 1 aliphatic heterocycles. The third-order valence-corrected chi connectivity index (χ3v) is 5.44. The van der Waals surface area contributed by atoms with Crippen molar-refractivity contribution in [2.24, 2.45) is 11.8 Å². The molecule has 138 valence electrons. The Kier molecular flexibility index (Phi) is 7.21. The van der Waals surface area contributed by atoms with E-state index in [2.05, 4.69) is 25.1 Å². The van der Waals surface area contributed by atoms with Gasteiger partial charge in [-0.15, -0.1) is 0 Å². The van der Waals surface area contributed by atoms with Gasteiger partial charge in [-0.25, -0.2) is 0 Å². The minimum atomic E-state index is -0.0376. The Morgan fingerprint density at radius 3 is 2.36 bits per heavy atom. The average Bonchev–Trinajstić information content (AvgIpc) is 2.68. The molecule has 3 nitrogen and oxygen atoms in total. The highest BCUT2D eigenvalue weighted by molar-refractivity contribution is 6.25. The predicted molar refractivity (Wildman–Crippen MR) is 101 cm³/mol. The van der Waals surface area contributed by atoms with Crippen LogP contribution in [0.25, 0.3) is 0 Å². The van der Waals surface area contributed by atoms with Gasteiger partial charge >= 0.3 is 0 Å². The van der Waals surface area contributed by atoms with Crippen LogP contribution in [0.15, 0.2) is 35.9 Å². The Morgan fingerprint density at radius 2 is 1.76 bits per heavy atom. The lowest BCUT2D eigenvalue weighted by Crippen LogP contribution is -2.37. The fourth-order valence-electron chi connectivity index (χ4n) is 3.75. The van der Waals surface area contributed by atoms with Crippen molar-refractivity contribution >= 4 is 11.6 Å². The third kappa shape index (κ3) is 5.22. The Bertz CT molecular complexity index is 527. The van der Waals surface area contributed by atoms with E-state index in [0.717, 1.165) is 44.8 Å². The lowest BCUT2D eigenvalue weighted by molar-refractivity contribution is -0.217. The van der Waals surface area contributed by atoms with Crippen LogP contribution in [0.1, 0.15) is 50.5 Å². The van der Waals surface area contributed by atoms with Crippen molar-refractivity contribution < 1.29 is 14.2 Å². The van der Waals surface area contributed by atoms with Crippen molar-refractivity contribution in [2.75, 3.05) is 19.8 Å². The van der Waals surface area contributed by atoms with Crippen molar-refractivity contribution in [3.63, 3.8) is 0 Å². The number of rotatable bonds is 6. The van der Waals surface area contributed by atoms with E-state index in [1.54, 1.807) is 5.54 Å². The minimum absolute atomic E-state index is 0.0376. The van der Waals surface area contributed by atoms with E-state index in [4.69, 9.17) is 25.8 Å². The molecule has 1 aromatic rings. The van der Waals surface area contributed by atoms with Crippen LogP contribution < -0.4 is 4.74 Å². The summed E-state index contributed by atoms with van der Waals surface area (Å²) in [6, 6.07) is 8.35. The van der Waals surface area contributed by atoms with E-state index in [1.807, 2.05) is 12.1 Å². The zero-order valence-corrected chi connectivity index (χ0v) is 15.8. The van der Waals surface area contributed by atoms with Gasteiger partial charge in [-0.05, 0) is 55.7 Å². The molecular formula is C21H29ClO3. The van der Waals surface area contributed by atoms with Gasteiger partial charge in [0.1, 0.15) is 5.75 Å². The Morgan fingerprint density at radius 1 is 1.08 bits per heavy atom. The lowest BCUT2D eigenvalue weighted by Gasteiger charge is -2.37. The molecule has 0 unspecified atom stereocenters. The molecule has 4 heteroatoms. The molecule has 0 amide bonds. The third-order valence-electron chi connectivity index (χ3n) is 5.29. The normalized spacial score (nSPS) is 30.5. The number of ether oxygens (including phenoxy) is 3. The first-order chi connectivity index (χ1) is 12.3. The molecule has 1 aliphatic carbocycles. The second-order valence-corrected chi connectivity index (χ2v) is 7.39. The Labute approximate surface area is 156 Å². The summed E-state index contributed by atoms with van der Waals surface area (Å²) in [6.45, 7) is 4.35. The highest BCUT2D eigenvalue weighted by atomic mass is 35.5. The molecule has 1 saturated carbocycles. The van der Waals surface area contributed by atoms with E-state index >= 15 is 0 Å². The quantitative estimate of drug-likeness (QED) is 0.667. The average molecular weight is 365 g/mol. The summed E-state index contributed by atoms with van der Waals surface area (Å²) in [5, 5.41) is 0. The number of hydrogen-bond donors (Lipinski definition) is 0. The molecule has 25 heavy (non-hydrogen) atoms. The first kappa shape index (κ1) is 18.8. The predicted octanol–water partition coefficient (Wildman–Crippen LogP) is 5.49. The van der Waals surface area contributed by atoms with Gasteiger partial charge in [-0.2, -0.15) is 0 Å². The fourth-order valence-corrected chi connectivity index (χ4v) is 3.96. The van der Waals surface area contributed by atoms with E-state index < -0.39 is 0 Å². The van der Waals surface area contributed by atoms with Gasteiger partial charge in [0.2, 0.25) is 0 Å². The smallest absolute Gasteiger partial charge is 0.160 e. The summed E-state index contributed by atoms with van der Waals surface area (Å²) in [5.41, 5.74) is 2.92. The molecule has 1 saturated heterocycles. The molecule has 0 atom stereocenters. The molecule has 0 N–H and O–H groups in total. The van der Waals surface area contributed by atoms with E-state index in [-0.39, 0.29) is 6.29 Å². The molecule has 0 radical (unpaired) electrons. The van der Waals surface area contributed by atoms with Gasteiger partial charge < -0.3 is 14.2 Å². The maximum Gasteiger partial charge on any atom is 0.160 e. The van der Waals surface area contributed by atoms with Crippen molar-refractivity contribution in [1.82, 2.24) is 0 Å². The van der Waals surface area contributed by atoms with Crippen LogP contribution in [-0.4, -0.2) is 26.1 Å². The van der Waals surface area contributed by atoms with Crippen LogP contribution >= 0.6 is 11.6 Å². The number of hydrogen-bond acceptors (Lipinski definition) is 3. The summed E-state index contributed by atoms with van der Waals surface area (Å²) >= 11 is 5.69. The van der Waals surface area contributed by atoms with Crippen molar-refractivity contribution in [2.45, 2.75) is 51.2 Å².